The first-order valence-electron chi connectivity index (χ1n) is 12.1. The maximum absolute atomic E-state index is 12.2. The van der Waals surface area contributed by atoms with Crippen LogP contribution in [-0.2, 0) is 19.3 Å². The number of rotatable bonds is 14. The highest BCUT2D eigenvalue weighted by Gasteiger charge is 2.05. The van der Waals surface area contributed by atoms with Crippen molar-refractivity contribution in [1.82, 2.24) is 9.97 Å². The first-order valence-corrected chi connectivity index (χ1v) is 12.1. The summed E-state index contributed by atoms with van der Waals surface area (Å²) in [7, 11) is 0. The molecular weight excluding hydrogens is 418 g/mol. The molecule has 0 radical (unpaired) electrons. The average Bonchev–Trinajstić information content (AvgIpc) is 2.83. The Labute approximate surface area is 196 Å². The van der Waals surface area contributed by atoms with E-state index in [0.29, 0.717) is 0 Å². The molecule has 3 aromatic rings. The molecule has 0 atom stereocenters. The summed E-state index contributed by atoms with van der Waals surface area (Å²) in [6, 6.07) is 15.1. The summed E-state index contributed by atoms with van der Waals surface area (Å²) in [6.07, 6.45) is 15.8. The van der Waals surface area contributed by atoms with E-state index in [2.05, 4.69) is 45.9 Å². The van der Waals surface area contributed by atoms with Crippen molar-refractivity contribution in [3.05, 3.63) is 77.6 Å². The van der Waals surface area contributed by atoms with E-state index in [9.17, 15) is 8.78 Å². The van der Waals surface area contributed by atoms with Gasteiger partial charge in [0.2, 0.25) is 0 Å². The molecule has 0 fully saturated rings. The summed E-state index contributed by atoms with van der Waals surface area (Å²) in [5.41, 5.74) is 4.51. The third kappa shape index (κ3) is 8.91. The number of nitrogens with zero attached hydrogens (tertiary/aromatic N) is 2. The van der Waals surface area contributed by atoms with Crippen LogP contribution in [0.15, 0.2) is 60.9 Å². The van der Waals surface area contributed by atoms with Gasteiger partial charge >= 0.3 is 6.61 Å². The third-order valence-electron chi connectivity index (χ3n) is 5.84. The van der Waals surface area contributed by atoms with E-state index >= 15 is 0 Å². The number of halogens is 2. The fourth-order valence-electron chi connectivity index (χ4n) is 3.87. The standard InChI is InChI=1S/C28H34F2N2O/c1-2-3-4-5-6-7-8-9-24-20-31-27(32-21-24)25-16-12-22(13-17-25)10-11-23-14-18-26(19-15-23)33-28(29)30/h12-21,28H,2-11H2,1H3. The molecule has 0 spiro atoms. The molecule has 0 aliphatic carbocycles. The van der Waals surface area contributed by atoms with Crippen molar-refractivity contribution in [2.45, 2.75) is 77.7 Å². The minimum atomic E-state index is -2.79. The molecular formula is C28H34F2N2O. The number of aromatic nitrogens is 2. The molecule has 0 N–H and O–H groups in total. The third-order valence-corrected chi connectivity index (χ3v) is 5.84. The van der Waals surface area contributed by atoms with Crippen molar-refractivity contribution >= 4 is 0 Å². The molecule has 1 heterocycles. The van der Waals surface area contributed by atoms with E-state index in [4.69, 9.17) is 0 Å². The molecule has 2 aromatic carbocycles. The summed E-state index contributed by atoms with van der Waals surface area (Å²) in [5.74, 6) is 0.936. The lowest BCUT2D eigenvalue weighted by Crippen LogP contribution is -2.01. The van der Waals surface area contributed by atoms with Crippen LogP contribution in [0.2, 0.25) is 0 Å². The molecule has 0 aliphatic rings. The van der Waals surface area contributed by atoms with Crippen molar-refractivity contribution < 1.29 is 13.5 Å². The lowest BCUT2D eigenvalue weighted by atomic mass is 10.0. The fourth-order valence-corrected chi connectivity index (χ4v) is 3.87. The van der Waals surface area contributed by atoms with Crippen LogP contribution in [0.5, 0.6) is 5.75 Å². The van der Waals surface area contributed by atoms with Gasteiger partial charge in [-0.2, -0.15) is 8.78 Å². The van der Waals surface area contributed by atoms with Crippen LogP contribution in [0.1, 0.15) is 68.6 Å². The Kier molecular flexibility index (Phi) is 10.3. The van der Waals surface area contributed by atoms with E-state index in [-0.39, 0.29) is 5.75 Å². The number of unbranched alkanes of at least 4 members (excludes halogenated alkanes) is 6. The summed E-state index contributed by atoms with van der Waals surface area (Å²) in [5, 5.41) is 0. The molecule has 5 heteroatoms. The Morgan fingerprint density at radius 2 is 1.21 bits per heavy atom. The second-order valence-electron chi connectivity index (χ2n) is 8.51. The Morgan fingerprint density at radius 3 is 1.79 bits per heavy atom. The average molecular weight is 453 g/mol. The molecule has 3 rings (SSSR count). The lowest BCUT2D eigenvalue weighted by Gasteiger charge is -2.07. The van der Waals surface area contributed by atoms with Gasteiger partial charge in [-0.05, 0) is 54.5 Å². The normalized spacial score (nSPS) is 11.2. The van der Waals surface area contributed by atoms with E-state index < -0.39 is 6.61 Å². The molecule has 0 saturated carbocycles. The van der Waals surface area contributed by atoms with Gasteiger partial charge in [0.1, 0.15) is 5.75 Å². The number of hydrogen-bond donors (Lipinski definition) is 0. The summed E-state index contributed by atoms with van der Waals surface area (Å²) in [6.45, 7) is -0.543. The van der Waals surface area contributed by atoms with Crippen LogP contribution >= 0.6 is 0 Å². The monoisotopic (exact) mass is 452 g/mol. The van der Waals surface area contributed by atoms with Crippen LogP contribution in [0.3, 0.4) is 0 Å². The molecule has 0 unspecified atom stereocenters. The largest absolute Gasteiger partial charge is 0.435 e. The van der Waals surface area contributed by atoms with Gasteiger partial charge in [-0.15, -0.1) is 0 Å². The number of benzene rings is 2. The van der Waals surface area contributed by atoms with Gasteiger partial charge in [-0.25, -0.2) is 9.97 Å². The van der Waals surface area contributed by atoms with Crippen LogP contribution in [0.4, 0.5) is 8.78 Å². The molecule has 176 valence electrons. The maximum Gasteiger partial charge on any atom is 0.387 e. The van der Waals surface area contributed by atoms with Crippen molar-refractivity contribution in [1.29, 1.82) is 0 Å². The topological polar surface area (TPSA) is 35.0 Å². The van der Waals surface area contributed by atoms with E-state index in [1.54, 1.807) is 12.1 Å². The van der Waals surface area contributed by atoms with Crippen molar-refractivity contribution in [3.8, 4) is 17.1 Å². The van der Waals surface area contributed by atoms with Crippen molar-refractivity contribution in [2.24, 2.45) is 0 Å². The minimum absolute atomic E-state index is 0.187. The van der Waals surface area contributed by atoms with Gasteiger partial charge < -0.3 is 4.74 Å². The molecule has 0 saturated heterocycles. The SMILES string of the molecule is CCCCCCCCCc1cnc(-c2ccc(CCc3ccc(OC(F)F)cc3)cc2)nc1. The zero-order chi connectivity index (χ0) is 23.3. The van der Waals surface area contributed by atoms with Gasteiger partial charge in [-0.3, -0.25) is 0 Å². The fraction of sp³-hybridized carbons (Fsp3) is 0.429. The molecule has 1 aromatic heterocycles. The van der Waals surface area contributed by atoms with E-state index in [1.165, 1.54) is 56.1 Å². The summed E-state index contributed by atoms with van der Waals surface area (Å²) >= 11 is 0. The predicted molar refractivity (Wildman–Crippen MR) is 130 cm³/mol. The lowest BCUT2D eigenvalue weighted by molar-refractivity contribution is -0.0498. The van der Waals surface area contributed by atoms with Crippen molar-refractivity contribution in [3.63, 3.8) is 0 Å². The zero-order valence-corrected chi connectivity index (χ0v) is 19.5. The number of alkyl halides is 2. The zero-order valence-electron chi connectivity index (χ0n) is 19.5. The highest BCUT2D eigenvalue weighted by atomic mass is 19.3. The molecule has 3 nitrogen and oxygen atoms in total. The number of ether oxygens (including phenoxy) is 1. The number of hydrogen-bond acceptors (Lipinski definition) is 3. The molecule has 0 aliphatic heterocycles. The Hall–Kier alpha value is -2.82. The van der Waals surface area contributed by atoms with Gasteiger partial charge in [-0.1, -0.05) is 81.8 Å². The minimum Gasteiger partial charge on any atom is -0.435 e. The molecule has 33 heavy (non-hydrogen) atoms. The first-order chi connectivity index (χ1) is 16.1. The second-order valence-corrected chi connectivity index (χ2v) is 8.51. The predicted octanol–water partition coefficient (Wildman–Crippen LogP) is 7.82. The Balaban J connectivity index is 1.43. The van der Waals surface area contributed by atoms with E-state index in [1.807, 2.05) is 24.5 Å². The Bertz CT molecular complexity index is 926. The highest BCUT2D eigenvalue weighted by molar-refractivity contribution is 5.55. The maximum atomic E-state index is 12.2. The van der Waals surface area contributed by atoms with Gasteiger partial charge in [0.25, 0.3) is 0 Å². The number of aryl methyl sites for hydroxylation is 3. The smallest absolute Gasteiger partial charge is 0.387 e. The quantitative estimate of drug-likeness (QED) is 0.234. The summed E-state index contributed by atoms with van der Waals surface area (Å²) in [4.78, 5) is 9.13. The molecule has 0 bridgehead atoms. The van der Waals surface area contributed by atoms with Crippen LogP contribution in [-0.4, -0.2) is 16.6 Å². The first kappa shape index (κ1) is 24.8. The van der Waals surface area contributed by atoms with Crippen LogP contribution < -0.4 is 4.74 Å². The highest BCUT2D eigenvalue weighted by Crippen LogP contribution is 2.19. The van der Waals surface area contributed by atoms with E-state index in [0.717, 1.165) is 36.2 Å². The van der Waals surface area contributed by atoms with Crippen LogP contribution in [0.25, 0.3) is 11.4 Å². The van der Waals surface area contributed by atoms with Crippen molar-refractivity contribution in [2.75, 3.05) is 0 Å². The van der Waals surface area contributed by atoms with Gasteiger partial charge in [0.15, 0.2) is 5.82 Å². The van der Waals surface area contributed by atoms with Gasteiger partial charge in [0, 0.05) is 18.0 Å². The Morgan fingerprint density at radius 1 is 0.667 bits per heavy atom. The van der Waals surface area contributed by atoms with Crippen LogP contribution in [0, 0.1) is 0 Å². The second kappa shape index (κ2) is 13.7. The summed E-state index contributed by atoms with van der Waals surface area (Å²) < 4.78 is 28.9. The molecule has 0 amide bonds. The van der Waals surface area contributed by atoms with Gasteiger partial charge in [0.05, 0.1) is 0 Å².